The molecule has 0 aliphatic heterocycles. The molecule has 138 valence electrons. The van der Waals surface area contributed by atoms with Gasteiger partial charge in [0, 0.05) is 25.6 Å². The number of carbonyl (C=O) groups is 1. The van der Waals surface area contributed by atoms with E-state index in [2.05, 4.69) is 0 Å². The van der Waals surface area contributed by atoms with E-state index in [0.717, 1.165) is 16.9 Å². The fourth-order valence-corrected chi connectivity index (χ4v) is 2.76. The Labute approximate surface area is 153 Å². The van der Waals surface area contributed by atoms with Crippen molar-refractivity contribution in [3.8, 4) is 5.75 Å². The maximum absolute atomic E-state index is 12.6. The fourth-order valence-electron chi connectivity index (χ4n) is 2.76. The molecule has 0 fully saturated rings. The van der Waals surface area contributed by atoms with Crippen LogP contribution in [0.3, 0.4) is 0 Å². The highest BCUT2D eigenvalue weighted by Crippen LogP contribution is 2.25. The second kappa shape index (κ2) is 8.99. The van der Waals surface area contributed by atoms with Crippen LogP contribution in [0.1, 0.15) is 37.4 Å². The lowest BCUT2D eigenvalue weighted by Gasteiger charge is -2.25. The van der Waals surface area contributed by atoms with Gasteiger partial charge in [-0.25, -0.2) is 0 Å². The molecule has 6 nitrogen and oxygen atoms in total. The molecule has 2 aromatic carbocycles. The average Bonchev–Trinajstić information content (AvgIpc) is 2.66. The van der Waals surface area contributed by atoms with Crippen molar-refractivity contribution in [2.24, 2.45) is 0 Å². The van der Waals surface area contributed by atoms with Gasteiger partial charge in [-0.1, -0.05) is 30.3 Å². The van der Waals surface area contributed by atoms with Crippen LogP contribution < -0.4 is 4.74 Å². The Morgan fingerprint density at radius 1 is 1.23 bits per heavy atom. The zero-order chi connectivity index (χ0) is 19.1. The van der Waals surface area contributed by atoms with Gasteiger partial charge in [0.1, 0.15) is 5.75 Å². The molecule has 2 aromatic rings. The number of nitro groups is 1. The quantitative estimate of drug-likeness (QED) is 0.526. The molecule has 0 saturated carbocycles. The maximum atomic E-state index is 12.6. The first kappa shape index (κ1) is 19.4. The number of rotatable bonds is 8. The smallest absolute Gasteiger partial charge is 0.269 e. The highest BCUT2D eigenvalue weighted by atomic mass is 16.6. The number of aryl methyl sites for hydroxylation is 1. The van der Waals surface area contributed by atoms with Gasteiger partial charge in [-0.2, -0.15) is 0 Å². The Kier molecular flexibility index (Phi) is 6.72. The molecule has 0 radical (unpaired) electrons. The van der Waals surface area contributed by atoms with Gasteiger partial charge in [-0.3, -0.25) is 14.9 Å². The number of amides is 1. The molecule has 1 atom stereocenters. The van der Waals surface area contributed by atoms with Crippen LogP contribution in [0.25, 0.3) is 0 Å². The zero-order valence-corrected chi connectivity index (χ0v) is 15.3. The summed E-state index contributed by atoms with van der Waals surface area (Å²) in [5.74, 6) is 0.785. The van der Waals surface area contributed by atoms with E-state index in [9.17, 15) is 14.9 Å². The van der Waals surface area contributed by atoms with Crippen molar-refractivity contribution in [1.82, 2.24) is 4.90 Å². The lowest BCUT2D eigenvalue weighted by Crippen LogP contribution is -2.29. The number of benzene rings is 2. The summed E-state index contributed by atoms with van der Waals surface area (Å²) in [6.45, 7) is 4.37. The number of hydrogen-bond acceptors (Lipinski definition) is 4. The van der Waals surface area contributed by atoms with Gasteiger partial charge in [-0.05, 0) is 37.5 Å². The number of nitrogens with zero attached hydrogens (tertiary/aromatic N) is 2. The van der Waals surface area contributed by atoms with Crippen molar-refractivity contribution in [3.05, 3.63) is 69.8 Å². The van der Waals surface area contributed by atoms with Crippen molar-refractivity contribution >= 4 is 11.6 Å². The minimum absolute atomic E-state index is 0.0182. The van der Waals surface area contributed by atoms with Crippen molar-refractivity contribution in [2.45, 2.75) is 32.7 Å². The van der Waals surface area contributed by atoms with Crippen molar-refractivity contribution < 1.29 is 14.5 Å². The summed E-state index contributed by atoms with van der Waals surface area (Å²) in [7, 11) is 1.72. The van der Waals surface area contributed by atoms with Crippen molar-refractivity contribution in [1.29, 1.82) is 0 Å². The summed E-state index contributed by atoms with van der Waals surface area (Å²) in [6.07, 6.45) is 0.931. The number of nitro benzene ring substituents is 1. The lowest BCUT2D eigenvalue weighted by molar-refractivity contribution is -0.384. The maximum Gasteiger partial charge on any atom is 0.269 e. The summed E-state index contributed by atoms with van der Waals surface area (Å²) < 4.78 is 5.59. The Hall–Kier alpha value is -2.89. The summed E-state index contributed by atoms with van der Waals surface area (Å²) in [6, 6.07) is 13.9. The number of hydrogen-bond donors (Lipinski definition) is 0. The molecule has 0 spiro atoms. The molecule has 1 amide bonds. The highest BCUT2D eigenvalue weighted by Gasteiger charge is 2.19. The molecule has 0 aliphatic carbocycles. The Morgan fingerprint density at radius 2 is 1.96 bits per heavy atom. The summed E-state index contributed by atoms with van der Waals surface area (Å²) >= 11 is 0. The SMILES string of the molecule is CCOc1ccccc1CCC(=O)N(C)[C@H](C)c1cccc([N+](=O)[O-])c1. The summed E-state index contributed by atoms with van der Waals surface area (Å²) in [5, 5.41) is 10.9. The third kappa shape index (κ3) is 4.81. The molecule has 0 aromatic heterocycles. The van der Waals surface area contributed by atoms with Crippen LogP contribution in [-0.2, 0) is 11.2 Å². The zero-order valence-electron chi connectivity index (χ0n) is 15.3. The van der Waals surface area contributed by atoms with Gasteiger partial charge in [0.05, 0.1) is 17.6 Å². The minimum Gasteiger partial charge on any atom is -0.494 e. The van der Waals surface area contributed by atoms with Gasteiger partial charge in [0.25, 0.3) is 5.69 Å². The molecule has 2 rings (SSSR count). The van der Waals surface area contributed by atoms with Crippen LogP contribution >= 0.6 is 0 Å². The fraction of sp³-hybridized carbons (Fsp3) is 0.350. The van der Waals surface area contributed by atoms with E-state index in [4.69, 9.17) is 4.74 Å². The molecular formula is C20H24N2O4. The molecule has 26 heavy (non-hydrogen) atoms. The van der Waals surface area contributed by atoms with Crippen molar-refractivity contribution in [2.75, 3.05) is 13.7 Å². The monoisotopic (exact) mass is 356 g/mol. The van der Waals surface area contributed by atoms with E-state index in [0.29, 0.717) is 19.4 Å². The number of ether oxygens (including phenoxy) is 1. The van der Waals surface area contributed by atoms with Gasteiger partial charge in [-0.15, -0.1) is 0 Å². The topological polar surface area (TPSA) is 72.7 Å². The van der Waals surface area contributed by atoms with Crippen LogP contribution in [0, 0.1) is 10.1 Å². The molecule has 0 saturated heterocycles. The van der Waals surface area contributed by atoms with Crippen molar-refractivity contribution in [3.63, 3.8) is 0 Å². The third-order valence-corrected chi connectivity index (χ3v) is 4.42. The van der Waals surface area contributed by atoms with Gasteiger partial charge >= 0.3 is 0 Å². The van der Waals surface area contributed by atoms with Crippen LogP contribution in [-0.4, -0.2) is 29.4 Å². The Morgan fingerprint density at radius 3 is 2.65 bits per heavy atom. The molecule has 0 heterocycles. The van der Waals surface area contributed by atoms with Gasteiger partial charge in [0.2, 0.25) is 5.91 Å². The van der Waals surface area contributed by atoms with E-state index < -0.39 is 4.92 Å². The van der Waals surface area contributed by atoms with E-state index in [1.165, 1.54) is 12.1 Å². The van der Waals surface area contributed by atoms with Crippen LogP contribution in [0.4, 0.5) is 5.69 Å². The van der Waals surface area contributed by atoms with Crippen LogP contribution in [0.2, 0.25) is 0 Å². The van der Waals surface area contributed by atoms with Gasteiger partial charge in [0.15, 0.2) is 0 Å². The van der Waals surface area contributed by atoms with Crippen LogP contribution in [0.15, 0.2) is 48.5 Å². The lowest BCUT2D eigenvalue weighted by atomic mass is 10.0. The van der Waals surface area contributed by atoms with Crippen LogP contribution in [0.5, 0.6) is 5.75 Å². The largest absolute Gasteiger partial charge is 0.494 e. The van der Waals surface area contributed by atoms with E-state index in [-0.39, 0.29) is 17.6 Å². The predicted molar refractivity (Wildman–Crippen MR) is 100 cm³/mol. The normalized spacial score (nSPS) is 11.7. The average molecular weight is 356 g/mol. The highest BCUT2D eigenvalue weighted by molar-refractivity contribution is 5.76. The summed E-state index contributed by atoms with van der Waals surface area (Å²) in [5.41, 5.74) is 1.77. The van der Waals surface area contributed by atoms with E-state index in [1.807, 2.05) is 38.1 Å². The molecular weight excluding hydrogens is 332 g/mol. The second-order valence-corrected chi connectivity index (χ2v) is 6.07. The molecule has 0 aliphatic rings. The first-order chi connectivity index (χ1) is 12.4. The third-order valence-electron chi connectivity index (χ3n) is 4.42. The number of para-hydroxylation sites is 1. The first-order valence-electron chi connectivity index (χ1n) is 8.64. The standard InChI is InChI=1S/C20H24N2O4/c1-4-26-19-11-6-5-8-16(19)12-13-20(23)21(3)15(2)17-9-7-10-18(14-17)22(24)25/h5-11,14-15H,4,12-13H2,1-3H3/t15-/m1/s1. The molecule has 0 unspecified atom stereocenters. The summed E-state index contributed by atoms with van der Waals surface area (Å²) in [4.78, 5) is 24.7. The van der Waals surface area contributed by atoms with Gasteiger partial charge < -0.3 is 9.64 Å². The molecule has 0 N–H and O–H groups in total. The van der Waals surface area contributed by atoms with E-state index in [1.54, 1.807) is 24.1 Å². The first-order valence-corrected chi connectivity index (χ1v) is 8.64. The second-order valence-electron chi connectivity index (χ2n) is 6.07. The minimum atomic E-state index is -0.428. The Balaban J connectivity index is 2.03. The Bertz CT molecular complexity index is 776. The number of non-ortho nitro benzene ring substituents is 1. The predicted octanol–water partition coefficient (Wildman–Crippen LogP) is 4.15. The number of carbonyl (C=O) groups excluding carboxylic acids is 1. The molecule has 6 heteroatoms. The van der Waals surface area contributed by atoms with E-state index >= 15 is 0 Å². The molecule has 0 bridgehead atoms.